The fraction of sp³-hybridized carbons (Fsp3) is 0.364. The molecule has 0 spiro atoms. The van der Waals surface area contributed by atoms with Crippen LogP contribution in [0.3, 0.4) is 0 Å². The maximum absolute atomic E-state index is 12.0. The third-order valence-corrected chi connectivity index (χ3v) is 2.70. The van der Waals surface area contributed by atoms with Crippen molar-refractivity contribution in [1.82, 2.24) is 19.6 Å². The van der Waals surface area contributed by atoms with E-state index in [1.54, 1.807) is 37.3 Å². The Hall–Kier alpha value is -1.86. The van der Waals surface area contributed by atoms with Gasteiger partial charge in [-0.25, -0.2) is 4.68 Å². The van der Waals surface area contributed by atoms with Crippen molar-refractivity contribution in [2.24, 2.45) is 0 Å². The molecule has 0 saturated heterocycles. The lowest BCUT2D eigenvalue weighted by Gasteiger charge is -2.11. The molecule has 2 heterocycles. The topological polar surface area (TPSA) is 74.0 Å². The van der Waals surface area contributed by atoms with Crippen LogP contribution in [0, 0.1) is 0 Å². The zero-order valence-corrected chi connectivity index (χ0v) is 11.3. The van der Waals surface area contributed by atoms with E-state index in [2.05, 4.69) is 15.5 Å². The Morgan fingerprint density at radius 2 is 2.26 bits per heavy atom. The first kappa shape index (κ1) is 13.6. The Balaban J connectivity index is 1.99. The van der Waals surface area contributed by atoms with E-state index in [-0.39, 0.29) is 5.91 Å². The quantitative estimate of drug-likeness (QED) is 0.903. The second-order valence-electron chi connectivity index (χ2n) is 3.99. The van der Waals surface area contributed by atoms with E-state index < -0.39 is 6.04 Å². The SMILES string of the molecule is COCn1cc(NC(=O)C(C)n2cc(Cl)cn2)cn1. The molecule has 19 heavy (non-hydrogen) atoms. The third-order valence-electron chi connectivity index (χ3n) is 2.51. The summed E-state index contributed by atoms with van der Waals surface area (Å²) in [6.45, 7) is 2.07. The van der Waals surface area contributed by atoms with Gasteiger partial charge in [0.1, 0.15) is 12.8 Å². The van der Waals surface area contributed by atoms with Crippen LogP contribution in [0.1, 0.15) is 13.0 Å². The summed E-state index contributed by atoms with van der Waals surface area (Å²) in [7, 11) is 1.57. The summed E-state index contributed by atoms with van der Waals surface area (Å²) in [5.74, 6) is -0.197. The number of carbonyl (C=O) groups is 1. The Labute approximate surface area is 115 Å². The van der Waals surface area contributed by atoms with E-state index in [1.807, 2.05) is 0 Å². The molecule has 0 fully saturated rings. The molecular weight excluding hydrogens is 270 g/mol. The zero-order valence-electron chi connectivity index (χ0n) is 10.6. The Morgan fingerprint density at radius 1 is 1.47 bits per heavy atom. The second-order valence-corrected chi connectivity index (χ2v) is 4.43. The number of carbonyl (C=O) groups excluding carboxylic acids is 1. The Morgan fingerprint density at radius 3 is 2.89 bits per heavy atom. The van der Waals surface area contributed by atoms with E-state index in [1.165, 1.54) is 10.9 Å². The van der Waals surface area contributed by atoms with Crippen molar-refractivity contribution in [2.75, 3.05) is 12.4 Å². The molecule has 1 amide bonds. The third kappa shape index (κ3) is 3.33. The monoisotopic (exact) mass is 283 g/mol. The molecule has 1 unspecified atom stereocenters. The number of rotatable bonds is 5. The predicted octanol–water partition coefficient (Wildman–Crippen LogP) is 1.54. The van der Waals surface area contributed by atoms with Gasteiger partial charge in [-0.3, -0.25) is 9.48 Å². The van der Waals surface area contributed by atoms with Gasteiger partial charge in [-0.15, -0.1) is 0 Å². The van der Waals surface area contributed by atoms with Gasteiger partial charge in [0.2, 0.25) is 5.91 Å². The largest absolute Gasteiger partial charge is 0.362 e. The maximum Gasteiger partial charge on any atom is 0.249 e. The molecule has 2 aromatic rings. The van der Waals surface area contributed by atoms with Gasteiger partial charge in [0, 0.05) is 13.3 Å². The summed E-state index contributed by atoms with van der Waals surface area (Å²) in [4.78, 5) is 12.0. The van der Waals surface area contributed by atoms with Crippen LogP contribution in [0.15, 0.2) is 24.8 Å². The zero-order chi connectivity index (χ0) is 13.8. The van der Waals surface area contributed by atoms with Gasteiger partial charge in [0.25, 0.3) is 0 Å². The molecule has 1 N–H and O–H groups in total. The van der Waals surface area contributed by atoms with E-state index in [0.29, 0.717) is 17.4 Å². The molecule has 1 atom stereocenters. The highest BCUT2D eigenvalue weighted by Crippen LogP contribution is 2.13. The normalized spacial score (nSPS) is 12.4. The molecule has 7 nitrogen and oxygen atoms in total. The van der Waals surface area contributed by atoms with Crippen LogP contribution in [-0.4, -0.2) is 32.6 Å². The second kappa shape index (κ2) is 5.85. The first-order chi connectivity index (χ1) is 9.10. The molecule has 8 heteroatoms. The van der Waals surface area contributed by atoms with Gasteiger partial charge in [0.05, 0.1) is 29.3 Å². The fourth-order valence-corrected chi connectivity index (χ4v) is 1.67. The number of methoxy groups -OCH3 is 1. The van der Waals surface area contributed by atoms with Crippen molar-refractivity contribution in [3.05, 3.63) is 29.8 Å². The van der Waals surface area contributed by atoms with Crippen molar-refractivity contribution in [2.45, 2.75) is 19.7 Å². The summed E-state index contributed by atoms with van der Waals surface area (Å²) in [5, 5.41) is 11.3. The van der Waals surface area contributed by atoms with Crippen molar-refractivity contribution in [3.8, 4) is 0 Å². The molecular formula is C11H14ClN5O2. The van der Waals surface area contributed by atoms with Gasteiger partial charge in [-0.2, -0.15) is 10.2 Å². The molecule has 0 radical (unpaired) electrons. The molecule has 0 bridgehead atoms. The molecule has 2 rings (SSSR count). The summed E-state index contributed by atoms with van der Waals surface area (Å²) in [6, 6.07) is -0.460. The number of nitrogens with one attached hydrogen (secondary N) is 1. The lowest BCUT2D eigenvalue weighted by atomic mass is 10.3. The van der Waals surface area contributed by atoms with Crippen LogP contribution in [0.25, 0.3) is 0 Å². The Kier molecular flexibility index (Phi) is 4.18. The van der Waals surface area contributed by atoms with Crippen molar-refractivity contribution in [1.29, 1.82) is 0 Å². The molecule has 0 aliphatic rings. The van der Waals surface area contributed by atoms with Gasteiger partial charge < -0.3 is 10.1 Å². The van der Waals surface area contributed by atoms with Crippen LogP contribution >= 0.6 is 11.6 Å². The number of halogens is 1. The average molecular weight is 284 g/mol. The Bertz CT molecular complexity index is 565. The lowest BCUT2D eigenvalue weighted by molar-refractivity contribution is -0.119. The lowest BCUT2D eigenvalue weighted by Crippen LogP contribution is -2.23. The molecule has 102 valence electrons. The minimum absolute atomic E-state index is 0.197. The van der Waals surface area contributed by atoms with Crippen molar-refractivity contribution in [3.63, 3.8) is 0 Å². The number of ether oxygens (including phenoxy) is 1. The summed E-state index contributed by atoms with van der Waals surface area (Å²) < 4.78 is 8.00. The van der Waals surface area contributed by atoms with Crippen LogP contribution in [-0.2, 0) is 16.3 Å². The first-order valence-electron chi connectivity index (χ1n) is 5.62. The standard InChI is InChI=1S/C11H14ClN5O2/c1-8(17-5-9(12)3-14-17)11(18)15-10-4-13-16(6-10)7-19-2/h3-6,8H,7H2,1-2H3,(H,15,18). The highest BCUT2D eigenvalue weighted by atomic mass is 35.5. The van der Waals surface area contributed by atoms with E-state index in [4.69, 9.17) is 16.3 Å². The van der Waals surface area contributed by atoms with Crippen LogP contribution in [0.5, 0.6) is 0 Å². The molecule has 0 saturated carbocycles. The van der Waals surface area contributed by atoms with Crippen LogP contribution < -0.4 is 5.32 Å². The number of aromatic nitrogens is 4. The average Bonchev–Trinajstić information content (AvgIpc) is 2.98. The predicted molar refractivity (Wildman–Crippen MR) is 69.8 cm³/mol. The van der Waals surface area contributed by atoms with Crippen LogP contribution in [0.4, 0.5) is 5.69 Å². The van der Waals surface area contributed by atoms with Gasteiger partial charge >= 0.3 is 0 Å². The van der Waals surface area contributed by atoms with Crippen molar-refractivity contribution < 1.29 is 9.53 Å². The molecule has 0 aliphatic heterocycles. The number of nitrogens with zero attached hydrogens (tertiary/aromatic N) is 4. The summed E-state index contributed by atoms with van der Waals surface area (Å²) in [6.07, 6.45) is 6.33. The summed E-state index contributed by atoms with van der Waals surface area (Å²) in [5.41, 5.74) is 0.604. The fourth-order valence-electron chi connectivity index (χ4n) is 1.52. The maximum atomic E-state index is 12.0. The smallest absolute Gasteiger partial charge is 0.249 e. The number of anilines is 1. The number of hydrogen-bond acceptors (Lipinski definition) is 4. The van der Waals surface area contributed by atoms with Gasteiger partial charge in [0.15, 0.2) is 0 Å². The van der Waals surface area contributed by atoms with Crippen LogP contribution in [0.2, 0.25) is 5.02 Å². The van der Waals surface area contributed by atoms with E-state index in [0.717, 1.165) is 0 Å². The molecule has 2 aromatic heterocycles. The molecule has 0 aliphatic carbocycles. The highest BCUT2D eigenvalue weighted by molar-refractivity contribution is 6.30. The minimum Gasteiger partial charge on any atom is -0.362 e. The summed E-state index contributed by atoms with van der Waals surface area (Å²) >= 11 is 5.77. The minimum atomic E-state index is -0.460. The van der Waals surface area contributed by atoms with Crippen molar-refractivity contribution >= 4 is 23.2 Å². The molecule has 0 aromatic carbocycles. The number of amides is 1. The highest BCUT2D eigenvalue weighted by Gasteiger charge is 2.16. The number of hydrogen-bond donors (Lipinski definition) is 1. The van der Waals surface area contributed by atoms with Gasteiger partial charge in [-0.05, 0) is 6.92 Å². The van der Waals surface area contributed by atoms with E-state index >= 15 is 0 Å². The van der Waals surface area contributed by atoms with E-state index in [9.17, 15) is 4.79 Å². The first-order valence-corrected chi connectivity index (χ1v) is 6.00. The van der Waals surface area contributed by atoms with Gasteiger partial charge in [-0.1, -0.05) is 11.6 Å².